The van der Waals surface area contributed by atoms with Gasteiger partial charge in [0.25, 0.3) is 0 Å². The Balaban J connectivity index is 1.48. The lowest BCUT2D eigenvalue weighted by Gasteiger charge is -2.25. The van der Waals surface area contributed by atoms with E-state index in [2.05, 4.69) is 128 Å². The van der Waals surface area contributed by atoms with Gasteiger partial charge in [0.05, 0.1) is 0 Å². The molecule has 0 amide bonds. The maximum atomic E-state index is 4.20. The summed E-state index contributed by atoms with van der Waals surface area (Å²) in [6.45, 7) is 4.20. The molecule has 0 nitrogen and oxygen atoms in total. The topological polar surface area (TPSA) is 0 Å². The molecule has 172 valence electrons. The molecule has 0 unspecified atom stereocenters. The quantitative estimate of drug-likeness (QED) is 0.188. The van der Waals surface area contributed by atoms with Crippen LogP contribution in [0.2, 0.25) is 0 Å². The lowest BCUT2D eigenvalue weighted by molar-refractivity contribution is 0.714. The zero-order valence-corrected chi connectivity index (χ0v) is 21.7. The van der Waals surface area contributed by atoms with Crippen LogP contribution in [0.4, 0.5) is 0 Å². The average Bonchev–Trinajstić information content (AvgIpc) is 2.91. The molecule has 34 heavy (non-hydrogen) atoms. The van der Waals surface area contributed by atoms with Gasteiger partial charge < -0.3 is 0 Å². The molecule has 0 saturated carbocycles. The van der Waals surface area contributed by atoms with Gasteiger partial charge in [-0.2, -0.15) is 0 Å². The lowest BCUT2D eigenvalue weighted by Crippen LogP contribution is -2.17. The summed E-state index contributed by atoms with van der Waals surface area (Å²) >= 11 is 0. The normalized spacial score (nSPS) is 11.4. The van der Waals surface area contributed by atoms with Crippen LogP contribution in [-0.2, 0) is 0 Å². The second-order valence-electron chi connectivity index (χ2n) is 8.50. The van der Waals surface area contributed by atoms with Crippen molar-refractivity contribution in [2.75, 3.05) is 12.3 Å². The fourth-order valence-electron chi connectivity index (χ4n) is 4.41. The van der Waals surface area contributed by atoms with Gasteiger partial charge in [0.2, 0.25) is 0 Å². The summed E-state index contributed by atoms with van der Waals surface area (Å²) in [6, 6.07) is 44.4. The highest BCUT2D eigenvalue weighted by Gasteiger charge is 2.20. The van der Waals surface area contributed by atoms with Crippen LogP contribution in [0, 0.1) is 12.8 Å². The predicted molar refractivity (Wildman–Crippen MR) is 155 cm³/mol. The minimum atomic E-state index is -0.344. The van der Waals surface area contributed by atoms with E-state index in [0.717, 1.165) is 12.8 Å². The van der Waals surface area contributed by atoms with E-state index in [1.165, 1.54) is 46.4 Å². The van der Waals surface area contributed by atoms with Gasteiger partial charge in [-0.05, 0) is 74.6 Å². The van der Waals surface area contributed by atoms with Crippen LogP contribution in [0.1, 0.15) is 25.7 Å². The molecule has 0 aromatic heterocycles. The van der Waals surface area contributed by atoms with Crippen LogP contribution in [0.3, 0.4) is 0 Å². The van der Waals surface area contributed by atoms with Crippen LogP contribution >= 0.6 is 15.8 Å². The Morgan fingerprint density at radius 2 is 0.735 bits per heavy atom. The summed E-state index contributed by atoms with van der Waals surface area (Å²) in [5, 5.41) is 5.92. The second-order valence-corrected chi connectivity index (χ2v) is 13.2. The molecule has 0 aliphatic heterocycles. The molecule has 0 bridgehead atoms. The lowest BCUT2D eigenvalue weighted by atomic mass is 9.98. The van der Waals surface area contributed by atoms with Gasteiger partial charge >= 0.3 is 0 Å². The van der Waals surface area contributed by atoms with E-state index in [9.17, 15) is 0 Å². The molecular weight excluding hydrogens is 446 g/mol. The van der Waals surface area contributed by atoms with E-state index >= 15 is 0 Å². The van der Waals surface area contributed by atoms with E-state index in [1.54, 1.807) is 5.92 Å². The van der Waals surface area contributed by atoms with Crippen LogP contribution in [0.15, 0.2) is 121 Å². The Bertz CT molecular complexity index is 899. The summed E-state index contributed by atoms with van der Waals surface area (Å²) in [5.41, 5.74) is 0. The van der Waals surface area contributed by atoms with Crippen molar-refractivity contribution in [3.63, 3.8) is 0 Å². The average molecular weight is 481 g/mol. The van der Waals surface area contributed by atoms with E-state index in [4.69, 9.17) is 0 Å². The molecule has 2 heteroatoms. The number of rotatable bonds is 12. The molecule has 0 N–H and O–H groups in total. The molecule has 4 rings (SSSR count). The zero-order chi connectivity index (χ0) is 23.4. The highest BCUT2D eigenvalue weighted by atomic mass is 31.1. The highest BCUT2D eigenvalue weighted by molar-refractivity contribution is 7.73. The molecule has 4 aromatic rings. The van der Waals surface area contributed by atoms with Gasteiger partial charge in [-0.25, -0.2) is 0 Å². The molecule has 0 heterocycles. The smallest absolute Gasteiger partial charge is 0.0195 e. The largest absolute Gasteiger partial charge is 0.0622 e. The fourth-order valence-corrected chi connectivity index (χ4v) is 9.25. The summed E-state index contributed by atoms with van der Waals surface area (Å²) in [7, 11) is -0.688. The Labute approximate surface area is 209 Å². The van der Waals surface area contributed by atoms with Gasteiger partial charge in [-0.15, -0.1) is 0 Å². The first kappa shape index (κ1) is 24.9. The van der Waals surface area contributed by atoms with E-state index in [1.807, 2.05) is 0 Å². The molecule has 2 radical (unpaired) electrons. The standard InChI is InChI=1S/C32H34P2/c1-2-15-28(24-26-33(29-16-7-3-8-17-29)30-18-9-4-10-19-30)25-27-34(31-20-11-5-12-21-31)32-22-13-6-14-23-32/h3-14,16-23H,1-2,15,24-27H2. The first-order chi connectivity index (χ1) is 16.8. The zero-order valence-electron chi connectivity index (χ0n) is 19.9. The maximum Gasteiger partial charge on any atom is -0.0195 e. The van der Waals surface area contributed by atoms with Crippen molar-refractivity contribution in [1.29, 1.82) is 0 Å². The Morgan fingerprint density at radius 1 is 0.441 bits per heavy atom. The molecule has 4 aromatic carbocycles. The highest BCUT2D eigenvalue weighted by Crippen LogP contribution is 2.40. The first-order valence-corrected chi connectivity index (χ1v) is 15.3. The van der Waals surface area contributed by atoms with Gasteiger partial charge in [-0.1, -0.05) is 135 Å². The third kappa shape index (κ3) is 7.12. The van der Waals surface area contributed by atoms with Crippen LogP contribution in [0.25, 0.3) is 0 Å². The second kappa shape index (κ2) is 13.6. The molecular formula is C32H34P2. The van der Waals surface area contributed by atoms with Gasteiger partial charge in [0.15, 0.2) is 0 Å². The van der Waals surface area contributed by atoms with Gasteiger partial charge in [0.1, 0.15) is 0 Å². The molecule has 0 saturated heterocycles. The third-order valence-corrected chi connectivity index (χ3v) is 11.2. The Hall–Kier alpha value is -2.26. The van der Waals surface area contributed by atoms with E-state index in [0.29, 0.717) is 0 Å². The monoisotopic (exact) mass is 480 g/mol. The van der Waals surface area contributed by atoms with Crippen LogP contribution < -0.4 is 21.2 Å². The summed E-state index contributed by atoms with van der Waals surface area (Å²) < 4.78 is 0. The molecule has 0 spiro atoms. The first-order valence-electron chi connectivity index (χ1n) is 12.2. The molecule has 0 aliphatic rings. The van der Waals surface area contributed by atoms with Crippen molar-refractivity contribution in [2.45, 2.75) is 25.7 Å². The Kier molecular flexibility index (Phi) is 9.93. The van der Waals surface area contributed by atoms with Crippen LogP contribution in [-0.4, -0.2) is 12.3 Å². The minimum absolute atomic E-state index is 0.344. The SMILES string of the molecule is [CH2]CC[C](CCP(c1ccccc1)c1ccccc1)CCP(c1ccccc1)c1ccccc1. The minimum Gasteiger partial charge on any atom is -0.0622 e. The third-order valence-electron chi connectivity index (χ3n) is 6.18. The summed E-state index contributed by atoms with van der Waals surface area (Å²) in [4.78, 5) is 0. The maximum absolute atomic E-state index is 4.20. The molecule has 0 fully saturated rings. The number of hydrogen-bond acceptors (Lipinski definition) is 0. The number of benzene rings is 4. The van der Waals surface area contributed by atoms with Crippen molar-refractivity contribution >= 4 is 37.1 Å². The molecule has 0 aliphatic carbocycles. The van der Waals surface area contributed by atoms with Gasteiger partial charge in [0, 0.05) is 0 Å². The van der Waals surface area contributed by atoms with E-state index < -0.39 is 0 Å². The Morgan fingerprint density at radius 3 is 1.00 bits per heavy atom. The van der Waals surface area contributed by atoms with Crippen molar-refractivity contribution in [3.05, 3.63) is 134 Å². The number of hydrogen-bond donors (Lipinski definition) is 0. The molecule has 0 atom stereocenters. The van der Waals surface area contributed by atoms with Crippen molar-refractivity contribution in [3.8, 4) is 0 Å². The van der Waals surface area contributed by atoms with Crippen molar-refractivity contribution < 1.29 is 0 Å². The van der Waals surface area contributed by atoms with Crippen LogP contribution in [0.5, 0.6) is 0 Å². The fraction of sp³-hybridized carbons (Fsp3) is 0.188. The predicted octanol–water partition coefficient (Wildman–Crippen LogP) is 7.22. The van der Waals surface area contributed by atoms with E-state index in [-0.39, 0.29) is 15.8 Å². The summed E-state index contributed by atoms with van der Waals surface area (Å²) in [6.07, 6.45) is 6.94. The summed E-state index contributed by atoms with van der Waals surface area (Å²) in [5.74, 6) is 1.69. The van der Waals surface area contributed by atoms with Crippen molar-refractivity contribution in [2.24, 2.45) is 0 Å². The van der Waals surface area contributed by atoms with Gasteiger partial charge in [-0.3, -0.25) is 0 Å². The van der Waals surface area contributed by atoms with Crippen molar-refractivity contribution in [1.82, 2.24) is 0 Å².